The van der Waals surface area contributed by atoms with Gasteiger partial charge in [-0.3, -0.25) is 0 Å². The van der Waals surface area contributed by atoms with Gasteiger partial charge in [-0.15, -0.1) is 0 Å². The van der Waals surface area contributed by atoms with Crippen molar-refractivity contribution in [3.05, 3.63) is 11.6 Å². The van der Waals surface area contributed by atoms with Gasteiger partial charge in [-0.05, 0) is 25.3 Å². The second-order valence-electron chi connectivity index (χ2n) is 4.54. The van der Waals surface area contributed by atoms with Gasteiger partial charge < -0.3 is 15.2 Å². The summed E-state index contributed by atoms with van der Waals surface area (Å²) < 4.78 is 5.92. The van der Waals surface area contributed by atoms with Gasteiger partial charge in [-0.2, -0.15) is 0 Å². The Morgan fingerprint density at radius 3 is 2.88 bits per heavy atom. The number of ether oxygens (including phenoxy) is 1. The van der Waals surface area contributed by atoms with Gasteiger partial charge in [-0.25, -0.2) is 4.79 Å². The Labute approximate surface area is 95.7 Å². The van der Waals surface area contributed by atoms with Crippen LogP contribution < -0.4 is 5.32 Å². The first-order chi connectivity index (χ1) is 7.65. The molecule has 1 aliphatic carbocycles. The first-order valence-corrected chi connectivity index (χ1v) is 6.01. The Morgan fingerprint density at radius 2 is 2.31 bits per heavy atom. The lowest BCUT2D eigenvalue weighted by Gasteiger charge is -2.23. The molecule has 1 fully saturated rings. The zero-order valence-corrected chi connectivity index (χ0v) is 9.77. The lowest BCUT2D eigenvalue weighted by Crippen LogP contribution is -2.30. The molecule has 0 saturated carbocycles. The summed E-state index contributed by atoms with van der Waals surface area (Å²) in [4.78, 5) is 10.9. The molecule has 2 N–H and O–H groups in total. The largest absolute Gasteiger partial charge is 0.478 e. The highest BCUT2D eigenvalue weighted by Gasteiger charge is 2.47. The maximum absolute atomic E-state index is 10.9. The molecule has 2 aliphatic rings. The van der Waals surface area contributed by atoms with Crippen molar-refractivity contribution in [2.45, 2.75) is 57.4 Å². The van der Waals surface area contributed by atoms with Crippen molar-refractivity contribution in [3.63, 3.8) is 0 Å². The fourth-order valence-corrected chi connectivity index (χ4v) is 2.29. The number of carboxylic acid groups (broad SMARTS) is 1. The molecule has 1 saturated heterocycles. The minimum absolute atomic E-state index is 0.0604. The number of fused-ring (bicyclic) bond motifs is 1. The number of carboxylic acids is 1. The number of hydrogen-bond acceptors (Lipinski definition) is 3. The third kappa shape index (κ3) is 2.28. The second kappa shape index (κ2) is 4.55. The standard InChI is InChI=1S/C12H19NO3/c1-3-8(4-2)16-10-6-7(12(14)15)5-9-11(10)13-9/h6,8-11,13H,3-5H2,1-2H3,(H,14,15)/t9-,10-,11+/m1/s1. The number of nitrogens with one attached hydrogen (secondary N) is 1. The topological polar surface area (TPSA) is 68.5 Å². The van der Waals surface area contributed by atoms with Crippen LogP contribution in [-0.2, 0) is 9.53 Å². The van der Waals surface area contributed by atoms with Crippen molar-refractivity contribution < 1.29 is 14.6 Å². The van der Waals surface area contributed by atoms with E-state index in [0.29, 0.717) is 24.1 Å². The summed E-state index contributed by atoms with van der Waals surface area (Å²) in [5.74, 6) is -0.815. The third-order valence-electron chi connectivity index (χ3n) is 3.43. The average molecular weight is 225 g/mol. The van der Waals surface area contributed by atoms with Crippen LogP contribution >= 0.6 is 0 Å². The van der Waals surface area contributed by atoms with Crippen LogP contribution in [-0.4, -0.2) is 35.4 Å². The summed E-state index contributed by atoms with van der Waals surface area (Å²) in [7, 11) is 0. The molecule has 16 heavy (non-hydrogen) atoms. The molecule has 1 aliphatic heterocycles. The van der Waals surface area contributed by atoms with E-state index in [1.165, 1.54) is 0 Å². The number of rotatable bonds is 5. The molecular weight excluding hydrogens is 206 g/mol. The summed E-state index contributed by atoms with van der Waals surface area (Å²) >= 11 is 0. The van der Waals surface area contributed by atoms with Crippen LogP contribution in [0.1, 0.15) is 33.1 Å². The fraction of sp³-hybridized carbons (Fsp3) is 0.750. The minimum atomic E-state index is -0.815. The first kappa shape index (κ1) is 11.6. The molecule has 90 valence electrons. The Hall–Kier alpha value is -0.870. The van der Waals surface area contributed by atoms with E-state index in [9.17, 15) is 4.79 Å². The van der Waals surface area contributed by atoms with Crippen molar-refractivity contribution in [2.75, 3.05) is 0 Å². The highest BCUT2D eigenvalue weighted by Crippen LogP contribution is 2.32. The van der Waals surface area contributed by atoms with Gasteiger partial charge in [-0.1, -0.05) is 13.8 Å². The highest BCUT2D eigenvalue weighted by atomic mass is 16.5. The van der Waals surface area contributed by atoms with Crippen molar-refractivity contribution in [2.24, 2.45) is 0 Å². The van der Waals surface area contributed by atoms with Gasteiger partial charge in [0.15, 0.2) is 0 Å². The molecule has 0 unspecified atom stereocenters. The quantitative estimate of drug-likeness (QED) is 0.692. The summed E-state index contributed by atoms with van der Waals surface area (Å²) in [6.45, 7) is 4.19. The van der Waals surface area contributed by atoms with Gasteiger partial charge in [0.1, 0.15) is 0 Å². The van der Waals surface area contributed by atoms with E-state index in [4.69, 9.17) is 9.84 Å². The highest BCUT2D eigenvalue weighted by molar-refractivity contribution is 5.87. The summed E-state index contributed by atoms with van der Waals surface area (Å²) in [6, 6.07) is 0.652. The number of hydrogen-bond donors (Lipinski definition) is 2. The van der Waals surface area contributed by atoms with Crippen molar-refractivity contribution in [3.8, 4) is 0 Å². The van der Waals surface area contributed by atoms with Gasteiger partial charge in [0, 0.05) is 11.6 Å². The summed E-state index contributed by atoms with van der Waals surface area (Å²) in [5.41, 5.74) is 0.488. The smallest absolute Gasteiger partial charge is 0.331 e. The molecule has 0 spiro atoms. The predicted molar refractivity (Wildman–Crippen MR) is 60.3 cm³/mol. The van der Waals surface area contributed by atoms with Crippen molar-refractivity contribution in [1.82, 2.24) is 5.32 Å². The Kier molecular flexibility index (Phi) is 3.30. The monoisotopic (exact) mass is 225 g/mol. The molecule has 0 radical (unpaired) electrons. The van der Waals surface area contributed by atoms with Crippen LogP contribution in [0.15, 0.2) is 11.6 Å². The van der Waals surface area contributed by atoms with Crippen molar-refractivity contribution in [1.29, 1.82) is 0 Å². The lowest BCUT2D eigenvalue weighted by molar-refractivity contribution is -0.133. The fourth-order valence-electron chi connectivity index (χ4n) is 2.29. The van der Waals surface area contributed by atoms with Crippen LogP contribution in [0, 0.1) is 0 Å². The predicted octanol–water partition coefficient (Wildman–Crippen LogP) is 1.32. The van der Waals surface area contributed by atoms with E-state index in [-0.39, 0.29) is 12.2 Å². The number of aliphatic carboxylic acids is 1. The van der Waals surface area contributed by atoms with Crippen LogP contribution in [0.4, 0.5) is 0 Å². The molecule has 2 rings (SSSR count). The Morgan fingerprint density at radius 1 is 1.62 bits per heavy atom. The van der Waals surface area contributed by atoms with E-state index in [1.807, 2.05) is 0 Å². The summed E-state index contributed by atoms with van der Waals surface area (Å²) in [6.07, 6.45) is 4.53. The van der Waals surface area contributed by atoms with Gasteiger partial charge in [0.25, 0.3) is 0 Å². The Balaban J connectivity index is 2.02. The average Bonchev–Trinajstić information content (AvgIpc) is 3.04. The molecule has 3 atom stereocenters. The molecule has 0 aromatic heterocycles. The maximum atomic E-state index is 10.9. The van der Waals surface area contributed by atoms with E-state index in [0.717, 1.165) is 12.8 Å². The minimum Gasteiger partial charge on any atom is -0.478 e. The van der Waals surface area contributed by atoms with Gasteiger partial charge in [0.2, 0.25) is 0 Å². The lowest BCUT2D eigenvalue weighted by atomic mass is 9.97. The van der Waals surface area contributed by atoms with Gasteiger partial charge >= 0.3 is 5.97 Å². The van der Waals surface area contributed by atoms with E-state index in [1.54, 1.807) is 6.08 Å². The van der Waals surface area contributed by atoms with E-state index in [2.05, 4.69) is 19.2 Å². The zero-order chi connectivity index (χ0) is 11.7. The molecule has 4 heteroatoms. The Bertz CT molecular complexity index is 309. The molecule has 1 heterocycles. The normalized spacial score (nSPS) is 32.2. The van der Waals surface area contributed by atoms with Crippen LogP contribution in [0.2, 0.25) is 0 Å². The number of carbonyl (C=O) groups is 1. The molecule has 0 amide bonds. The summed E-state index contributed by atoms with van der Waals surface area (Å²) in [5, 5.41) is 12.3. The van der Waals surface area contributed by atoms with Crippen LogP contribution in [0.25, 0.3) is 0 Å². The van der Waals surface area contributed by atoms with Crippen LogP contribution in [0.5, 0.6) is 0 Å². The molecule has 0 bridgehead atoms. The van der Waals surface area contributed by atoms with Crippen molar-refractivity contribution >= 4 is 5.97 Å². The van der Waals surface area contributed by atoms with E-state index >= 15 is 0 Å². The maximum Gasteiger partial charge on any atom is 0.331 e. The molecular formula is C12H19NO3. The van der Waals surface area contributed by atoms with Gasteiger partial charge in [0.05, 0.1) is 18.2 Å². The van der Waals surface area contributed by atoms with Crippen LogP contribution in [0.3, 0.4) is 0 Å². The molecule has 0 aromatic carbocycles. The second-order valence-corrected chi connectivity index (χ2v) is 4.54. The zero-order valence-electron chi connectivity index (χ0n) is 9.77. The third-order valence-corrected chi connectivity index (χ3v) is 3.43. The first-order valence-electron chi connectivity index (χ1n) is 6.01. The van der Waals surface area contributed by atoms with E-state index < -0.39 is 5.97 Å². The SMILES string of the molecule is CCC(CC)O[C@@H]1C=C(C(=O)O)C[C@H]2N[C@@H]21. The molecule has 0 aromatic rings. The molecule has 4 nitrogen and oxygen atoms in total.